The van der Waals surface area contributed by atoms with Crippen LogP contribution in [-0.2, 0) is 0 Å². The Hall–Kier alpha value is -7.37. The number of aromatic nitrogens is 3. The fourth-order valence-electron chi connectivity index (χ4n) is 8.33. The van der Waals surface area contributed by atoms with Crippen molar-refractivity contribution in [1.29, 1.82) is 0 Å². The normalized spacial score (nSPS) is 12.0. The van der Waals surface area contributed by atoms with Crippen molar-refractivity contribution in [1.82, 2.24) is 15.0 Å². The van der Waals surface area contributed by atoms with Crippen molar-refractivity contribution < 1.29 is 8.83 Å². The van der Waals surface area contributed by atoms with Crippen LogP contribution in [0.3, 0.4) is 0 Å². The predicted molar refractivity (Wildman–Crippen MR) is 235 cm³/mol. The zero-order chi connectivity index (χ0) is 37.9. The van der Waals surface area contributed by atoms with E-state index in [1.165, 1.54) is 16.3 Å². The lowest BCUT2D eigenvalue weighted by Crippen LogP contribution is -2.01. The molecule has 270 valence electrons. The first-order chi connectivity index (χ1) is 28.2. The van der Waals surface area contributed by atoms with Gasteiger partial charge in [0.1, 0.15) is 22.3 Å². The fourth-order valence-corrected chi connectivity index (χ4v) is 8.33. The first-order valence-corrected chi connectivity index (χ1v) is 19.5. The van der Waals surface area contributed by atoms with Crippen molar-refractivity contribution in [3.8, 4) is 45.3 Å². The zero-order valence-electron chi connectivity index (χ0n) is 31.2. The largest absolute Gasteiger partial charge is 0.456 e. The Bertz CT molecular complexity index is 3370. The van der Waals surface area contributed by atoms with Crippen molar-refractivity contribution in [3.63, 3.8) is 0 Å². The maximum Gasteiger partial charge on any atom is 0.164 e. The molecule has 0 spiro atoms. The van der Waals surface area contributed by atoms with E-state index in [4.69, 9.17) is 23.8 Å². The van der Waals surface area contributed by atoms with Gasteiger partial charge in [0, 0.05) is 43.8 Å². The van der Waals surface area contributed by atoms with Gasteiger partial charge in [0.25, 0.3) is 0 Å². The minimum Gasteiger partial charge on any atom is -0.456 e. The number of fused-ring (bicyclic) bond motifs is 9. The monoisotopic (exact) mass is 733 g/mol. The number of furan rings is 2. The maximum atomic E-state index is 6.79. The zero-order valence-corrected chi connectivity index (χ0v) is 31.2. The molecule has 0 radical (unpaired) electrons. The molecule has 0 aliphatic heterocycles. The van der Waals surface area contributed by atoms with Crippen LogP contribution in [0.1, 0.15) is 25.3 Å². The Labute approximate surface area is 328 Å². The number of allylic oxidation sites excluding steroid dienone is 1. The molecule has 5 heteroatoms. The summed E-state index contributed by atoms with van der Waals surface area (Å²) in [5.41, 5.74) is 9.26. The van der Waals surface area contributed by atoms with Crippen LogP contribution in [-0.4, -0.2) is 15.0 Å². The Kier molecular flexibility index (Phi) is 7.78. The van der Waals surface area contributed by atoms with Crippen molar-refractivity contribution >= 4 is 71.5 Å². The second-order valence-electron chi connectivity index (χ2n) is 14.5. The number of para-hydroxylation sites is 1. The number of rotatable bonds is 7. The standard InChI is InChI=1S/C52H35N3O2/c1-2-3-5-14-32-23-26-40(39-20-11-10-18-36(32)39)51-53-50(34-16-6-4-7-17-34)54-52(55-51)42-28-27-38(49-48(42)41-21-12-13-22-44(41)57-49)35-25-29-45-43(31-35)47-37-19-9-8-15-33(37)24-30-46(47)56-45/h4-31H,2-3H2,1H3/b14-5-. The Morgan fingerprint density at radius 2 is 1.12 bits per heavy atom. The summed E-state index contributed by atoms with van der Waals surface area (Å²) in [6.07, 6.45) is 6.62. The van der Waals surface area contributed by atoms with Crippen LogP contribution in [0.2, 0.25) is 0 Å². The van der Waals surface area contributed by atoms with Crippen LogP contribution in [0.5, 0.6) is 0 Å². The highest BCUT2D eigenvalue weighted by molar-refractivity contribution is 6.20. The summed E-state index contributed by atoms with van der Waals surface area (Å²) in [6, 6.07) is 54.6. The molecule has 0 saturated carbocycles. The second-order valence-corrected chi connectivity index (χ2v) is 14.5. The SMILES string of the molecule is CCC/C=C\c1ccc(-c2nc(-c3ccccc3)nc(-c3ccc(-c4ccc5oc6ccc7ccccc7c6c5c4)c4oc5ccccc5c34)n2)c2ccccc12. The van der Waals surface area contributed by atoms with Crippen molar-refractivity contribution in [2.75, 3.05) is 0 Å². The summed E-state index contributed by atoms with van der Waals surface area (Å²) in [5, 5.41) is 8.76. The third kappa shape index (κ3) is 5.50. The van der Waals surface area contributed by atoms with Crippen molar-refractivity contribution in [2.45, 2.75) is 19.8 Å². The van der Waals surface area contributed by atoms with Gasteiger partial charge in [-0.05, 0) is 81.6 Å². The fraction of sp³-hybridized carbons (Fsp3) is 0.0577. The summed E-state index contributed by atoms with van der Waals surface area (Å²) in [6.45, 7) is 2.20. The molecule has 0 saturated heterocycles. The van der Waals surface area contributed by atoms with Crippen LogP contribution in [0.4, 0.5) is 0 Å². The van der Waals surface area contributed by atoms with Gasteiger partial charge >= 0.3 is 0 Å². The highest BCUT2D eigenvalue weighted by Crippen LogP contribution is 2.44. The Balaban J connectivity index is 1.14. The van der Waals surface area contributed by atoms with Gasteiger partial charge in [-0.3, -0.25) is 0 Å². The molecule has 5 nitrogen and oxygen atoms in total. The van der Waals surface area contributed by atoms with Gasteiger partial charge in [-0.25, -0.2) is 15.0 Å². The molecule has 0 N–H and O–H groups in total. The summed E-state index contributed by atoms with van der Waals surface area (Å²) >= 11 is 0. The van der Waals surface area contributed by atoms with Gasteiger partial charge in [-0.2, -0.15) is 0 Å². The molecule has 8 aromatic carbocycles. The van der Waals surface area contributed by atoms with E-state index in [1.54, 1.807) is 0 Å². The first kappa shape index (κ1) is 33.0. The molecule has 0 aliphatic carbocycles. The molecule has 0 amide bonds. The van der Waals surface area contributed by atoms with Crippen molar-refractivity contribution in [3.05, 3.63) is 169 Å². The molecule has 3 aromatic heterocycles. The highest BCUT2D eigenvalue weighted by Gasteiger charge is 2.22. The van der Waals surface area contributed by atoms with E-state index in [-0.39, 0.29) is 0 Å². The Morgan fingerprint density at radius 1 is 0.456 bits per heavy atom. The van der Waals surface area contributed by atoms with Crippen LogP contribution in [0.25, 0.3) is 117 Å². The van der Waals surface area contributed by atoms with E-state index in [1.807, 2.05) is 42.5 Å². The molecule has 3 heterocycles. The van der Waals surface area contributed by atoms with E-state index >= 15 is 0 Å². The van der Waals surface area contributed by atoms with Crippen LogP contribution in [0.15, 0.2) is 173 Å². The number of hydrogen-bond donors (Lipinski definition) is 0. The number of hydrogen-bond acceptors (Lipinski definition) is 5. The van der Waals surface area contributed by atoms with E-state index < -0.39 is 0 Å². The first-order valence-electron chi connectivity index (χ1n) is 19.5. The van der Waals surface area contributed by atoms with Crippen molar-refractivity contribution in [2.24, 2.45) is 0 Å². The molecule has 0 atom stereocenters. The minimum atomic E-state index is 0.584. The summed E-state index contributed by atoms with van der Waals surface area (Å²) in [5.74, 6) is 1.82. The van der Waals surface area contributed by atoms with Crippen LogP contribution < -0.4 is 0 Å². The average Bonchev–Trinajstić information content (AvgIpc) is 3.85. The van der Waals surface area contributed by atoms with Gasteiger partial charge in [0.2, 0.25) is 0 Å². The summed E-state index contributed by atoms with van der Waals surface area (Å²) in [4.78, 5) is 15.6. The maximum absolute atomic E-state index is 6.79. The van der Waals surface area contributed by atoms with E-state index in [0.717, 1.165) is 95.3 Å². The van der Waals surface area contributed by atoms with Gasteiger partial charge in [0.05, 0.1) is 0 Å². The molecule has 0 fully saturated rings. The van der Waals surface area contributed by atoms with Crippen LogP contribution in [0, 0.1) is 0 Å². The summed E-state index contributed by atoms with van der Waals surface area (Å²) < 4.78 is 13.2. The Morgan fingerprint density at radius 3 is 1.98 bits per heavy atom. The van der Waals surface area contributed by atoms with E-state index in [0.29, 0.717) is 17.5 Å². The molecular formula is C52H35N3O2. The van der Waals surface area contributed by atoms with Crippen LogP contribution >= 0.6 is 0 Å². The molecule has 11 rings (SSSR count). The molecular weight excluding hydrogens is 699 g/mol. The van der Waals surface area contributed by atoms with E-state index in [9.17, 15) is 0 Å². The minimum absolute atomic E-state index is 0.584. The molecule has 0 unspecified atom stereocenters. The number of benzene rings is 8. The average molecular weight is 734 g/mol. The van der Waals surface area contributed by atoms with Gasteiger partial charge in [-0.15, -0.1) is 0 Å². The smallest absolute Gasteiger partial charge is 0.164 e. The number of nitrogens with zero attached hydrogens (tertiary/aromatic N) is 3. The molecule has 0 aliphatic rings. The van der Waals surface area contributed by atoms with E-state index in [2.05, 4.69) is 134 Å². The third-order valence-corrected chi connectivity index (χ3v) is 11.1. The third-order valence-electron chi connectivity index (χ3n) is 11.1. The lowest BCUT2D eigenvalue weighted by atomic mass is 9.96. The molecule has 11 aromatic rings. The summed E-state index contributed by atoms with van der Waals surface area (Å²) in [7, 11) is 0. The second kappa shape index (κ2) is 13.4. The number of unbranched alkanes of at least 4 members (excludes halogenated alkanes) is 1. The topological polar surface area (TPSA) is 65.0 Å². The lowest BCUT2D eigenvalue weighted by Gasteiger charge is -2.13. The molecule has 0 bridgehead atoms. The van der Waals surface area contributed by atoms with Gasteiger partial charge in [0.15, 0.2) is 17.5 Å². The predicted octanol–water partition coefficient (Wildman–Crippen LogP) is 14.5. The van der Waals surface area contributed by atoms with Gasteiger partial charge in [-0.1, -0.05) is 141 Å². The van der Waals surface area contributed by atoms with Gasteiger partial charge < -0.3 is 8.83 Å². The molecule has 57 heavy (non-hydrogen) atoms. The lowest BCUT2D eigenvalue weighted by molar-refractivity contribution is 0.668. The highest BCUT2D eigenvalue weighted by atomic mass is 16.3. The quantitative estimate of drug-likeness (QED) is 0.163.